The molecule has 0 aliphatic heterocycles. The summed E-state index contributed by atoms with van der Waals surface area (Å²) in [7, 11) is 1.89. The van der Waals surface area contributed by atoms with E-state index in [-0.39, 0.29) is 0 Å². The fourth-order valence-corrected chi connectivity index (χ4v) is 2.93. The molecule has 2 aromatic rings. The van der Waals surface area contributed by atoms with E-state index in [0.717, 1.165) is 28.0 Å². The molecule has 4 heteroatoms. The summed E-state index contributed by atoms with van der Waals surface area (Å²) >= 11 is 1.76. The second-order valence-electron chi connectivity index (χ2n) is 4.58. The van der Waals surface area contributed by atoms with Gasteiger partial charge < -0.3 is 5.32 Å². The van der Waals surface area contributed by atoms with Gasteiger partial charge in [0.2, 0.25) is 0 Å². The molecule has 2 rings (SSSR count). The van der Waals surface area contributed by atoms with E-state index in [4.69, 9.17) is 0 Å². The van der Waals surface area contributed by atoms with Gasteiger partial charge in [-0.25, -0.2) is 9.97 Å². The number of anilines is 1. The van der Waals surface area contributed by atoms with Crippen LogP contribution in [0.5, 0.6) is 0 Å². The molecule has 100 valence electrons. The Kier molecular flexibility index (Phi) is 4.43. The van der Waals surface area contributed by atoms with Gasteiger partial charge in [0.15, 0.2) is 0 Å². The van der Waals surface area contributed by atoms with Gasteiger partial charge in [-0.2, -0.15) is 0 Å². The summed E-state index contributed by atoms with van der Waals surface area (Å²) < 4.78 is 0. The normalized spacial score (nSPS) is 10.5. The minimum Gasteiger partial charge on any atom is -0.373 e. The first kappa shape index (κ1) is 13.9. The zero-order valence-corrected chi connectivity index (χ0v) is 12.6. The van der Waals surface area contributed by atoms with Crippen LogP contribution in [-0.4, -0.2) is 17.0 Å². The largest absolute Gasteiger partial charge is 0.373 e. The number of hydrogen-bond acceptors (Lipinski definition) is 4. The van der Waals surface area contributed by atoms with Gasteiger partial charge in [0.1, 0.15) is 16.7 Å². The minimum atomic E-state index is 0.807. The van der Waals surface area contributed by atoms with Crippen molar-refractivity contribution in [3.63, 3.8) is 0 Å². The van der Waals surface area contributed by atoms with Crippen LogP contribution in [0.1, 0.15) is 22.5 Å². The first-order valence-electron chi connectivity index (χ1n) is 6.31. The van der Waals surface area contributed by atoms with Crippen LogP contribution in [0.15, 0.2) is 29.3 Å². The Morgan fingerprint density at radius 3 is 2.63 bits per heavy atom. The standard InChI is InChI=1S/C15H19N3S/c1-10-6-5-7-13(8-10)9-19-15-11(2)14(16-4)17-12(3)18-15/h5-8H,9H2,1-4H3,(H,16,17,18). The fourth-order valence-electron chi connectivity index (χ4n) is 1.94. The average Bonchev–Trinajstić information content (AvgIpc) is 2.39. The number of nitrogens with one attached hydrogen (secondary N) is 1. The van der Waals surface area contributed by atoms with Gasteiger partial charge in [-0.3, -0.25) is 0 Å². The van der Waals surface area contributed by atoms with Crippen molar-refractivity contribution in [1.82, 2.24) is 9.97 Å². The molecule has 0 saturated carbocycles. The van der Waals surface area contributed by atoms with Crippen molar-refractivity contribution in [1.29, 1.82) is 0 Å². The Labute approximate surface area is 118 Å². The molecule has 0 spiro atoms. The van der Waals surface area contributed by atoms with Crippen LogP contribution >= 0.6 is 11.8 Å². The fraction of sp³-hybridized carbons (Fsp3) is 0.333. The average molecular weight is 273 g/mol. The van der Waals surface area contributed by atoms with Crippen molar-refractivity contribution >= 4 is 17.6 Å². The number of hydrogen-bond donors (Lipinski definition) is 1. The van der Waals surface area contributed by atoms with Crippen LogP contribution in [0, 0.1) is 20.8 Å². The van der Waals surface area contributed by atoms with Gasteiger partial charge in [-0.05, 0) is 26.3 Å². The van der Waals surface area contributed by atoms with Gasteiger partial charge in [-0.15, -0.1) is 11.8 Å². The van der Waals surface area contributed by atoms with Crippen LogP contribution in [0.2, 0.25) is 0 Å². The number of aryl methyl sites for hydroxylation is 2. The maximum absolute atomic E-state index is 4.53. The Balaban J connectivity index is 2.17. The molecule has 0 aliphatic carbocycles. The van der Waals surface area contributed by atoms with Gasteiger partial charge >= 0.3 is 0 Å². The van der Waals surface area contributed by atoms with Crippen molar-refractivity contribution in [3.05, 3.63) is 46.8 Å². The van der Waals surface area contributed by atoms with Gasteiger partial charge in [-0.1, -0.05) is 29.8 Å². The number of nitrogens with zero attached hydrogens (tertiary/aromatic N) is 2. The summed E-state index contributed by atoms with van der Waals surface area (Å²) in [6.45, 7) is 6.11. The van der Waals surface area contributed by atoms with Crippen molar-refractivity contribution in [3.8, 4) is 0 Å². The summed E-state index contributed by atoms with van der Waals surface area (Å²) in [5.74, 6) is 2.66. The Bertz CT molecular complexity index is 582. The molecule has 19 heavy (non-hydrogen) atoms. The van der Waals surface area contributed by atoms with E-state index in [1.165, 1.54) is 11.1 Å². The first-order valence-corrected chi connectivity index (χ1v) is 7.30. The zero-order valence-electron chi connectivity index (χ0n) is 11.8. The number of thioether (sulfide) groups is 1. The summed E-state index contributed by atoms with van der Waals surface area (Å²) in [5, 5.41) is 4.17. The molecule has 0 saturated heterocycles. The highest BCUT2D eigenvalue weighted by Crippen LogP contribution is 2.27. The van der Waals surface area contributed by atoms with E-state index < -0.39 is 0 Å². The molecule has 3 nitrogen and oxygen atoms in total. The molecule has 0 unspecified atom stereocenters. The number of benzene rings is 1. The van der Waals surface area contributed by atoms with Crippen molar-refractivity contribution in [2.75, 3.05) is 12.4 Å². The molecule has 1 heterocycles. The third-order valence-electron chi connectivity index (χ3n) is 2.91. The van der Waals surface area contributed by atoms with E-state index in [1.54, 1.807) is 11.8 Å². The summed E-state index contributed by atoms with van der Waals surface area (Å²) in [4.78, 5) is 8.92. The lowest BCUT2D eigenvalue weighted by Crippen LogP contribution is -2.02. The van der Waals surface area contributed by atoms with Crippen LogP contribution in [0.25, 0.3) is 0 Å². The van der Waals surface area contributed by atoms with Crippen molar-refractivity contribution in [2.24, 2.45) is 0 Å². The smallest absolute Gasteiger partial charge is 0.133 e. The monoisotopic (exact) mass is 273 g/mol. The van der Waals surface area contributed by atoms with E-state index in [9.17, 15) is 0 Å². The molecule has 0 bridgehead atoms. The predicted molar refractivity (Wildman–Crippen MR) is 81.8 cm³/mol. The first-order chi connectivity index (χ1) is 9.10. The summed E-state index contributed by atoms with van der Waals surface area (Å²) in [5.41, 5.74) is 3.74. The highest BCUT2D eigenvalue weighted by molar-refractivity contribution is 7.98. The second-order valence-corrected chi connectivity index (χ2v) is 5.54. The quantitative estimate of drug-likeness (QED) is 0.680. The predicted octanol–water partition coefficient (Wildman–Crippen LogP) is 3.74. The second kappa shape index (κ2) is 6.06. The van der Waals surface area contributed by atoms with E-state index in [2.05, 4.69) is 53.4 Å². The number of rotatable bonds is 4. The third-order valence-corrected chi connectivity index (χ3v) is 4.06. The van der Waals surface area contributed by atoms with Crippen LogP contribution < -0.4 is 5.32 Å². The molecule has 0 radical (unpaired) electrons. The van der Waals surface area contributed by atoms with Crippen molar-refractivity contribution < 1.29 is 0 Å². The van der Waals surface area contributed by atoms with Crippen LogP contribution in [-0.2, 0) is 5.75 Å². The van der Waals surface area contributed by atoms with Gasteiger partial charge in [0, 0.05) is 18.4 Å². The van der Waals surface area contributed by atoms with Crippen LogP contribution in [0.4, 0.5) is 5.82 Å². The third kappa shape index (κ3) is 3.47. The molecule has 0 fully saturated rings. The maximum atomic E-state index is 4.53. The zero-order chi connectivity index (χ0) is 13.8. The molecular formula is C15H19N3S. The lowest BCUT2D eigenvalue weighted by molar-refractivity contribution is 0.940. The van der Waals surface area contributed by atoms with Crippen molar-refractivity contribution in [2.45, 2.75) is 31.6 Å². The Morgan fingerprint density at radius 1 is 1.16 bits per heavy atom. The lowest BCUT2D eigenvalue weighted by Gasteiger charge is -2.10. The highest BCUT2D eigenvalue weighted by Gasteiger charge is 2.08. The SMILES string of the molecule is CNc1nc(C)nc(SCc2cccc(C)c2)c1C. The topological polar surface area (TPSA) is 37.8 Å². The Morgan fingerprint density at radius 2 is 1.95 bits per heavy atom. The summed E-state index contributed by atoms with van der Waals surface area (Å²) in [6.07, 6.45) is 0. The molecule has 1 aromatic carbocycles. The lowest BCUT2D eigenvalue weighted by atomic mass is 10.2. The van der Waals surface area contributed by atoms with Crippen LogP contribution in [0.3, 0.4) is 0 Å². The summed E-state index contributed by atoms with van der Waals surface area (Å²) in [6, 6.07) is 8.59. The number of aromatic nitrogens is 2. The van der Waals surface area contributed by atoms with E-state index in [0.29, 0.717) is 0 Å². The molecule has 0 atom stereocenters. The van der Waals surface area contributed by atoms with Gasteiger partial charge in [0.25, 0.3) is 0 Å². The van der Waals surface area contributed by atoms with E-state index >= 15 is 0 Å². The Hall–Kier alpha value is -1.55. The minimum absolute atomic E-state index is 0.807. The maximum Gasteiger partial charge on any atom is 0.133 e. The highest BCUT2D eigenvalue weighted by atomic mass is 32.2. The molecular weight excluding hydrogens is 254 g/mol. The molecule has 1 N–H and O–H groups in total. The van der Waals surface area contributed by atoms with Gasteiger partial charge in [0.05, 0.1) is 0 Å². The van der Waals surface area contributed by atoms with E-state index in [1.807, 2.05) is 14.0 Å². The molecule has 0 aliphatic rings. The molecule has 0 amide bonds. The molecule has 1 aromatic heterocycles.